The number of hydrogen-bond acceptors (Lipinski definition) is 5. The number of nitrogens with two attached hydrogens (primary N) is 1. The quantitative estimate of drug-likeness (QED) is 0.196. The number of carboxylic acids is 1. The largest absolute Gasteiger partial charge is 0.480 e. The van der Waals surface area contributed by atoms with Crippen LogP contribution in [0.5, 0.6) is 0 Å². The van der Waals surface area contributed by atoms with Gasteiger partial charge in [0.1, 0.15) is 12.6 Å². The van der Waals surface area contributed by atoms with Crippen LogP contribution in [0.3, 0.4) is 0 Å². The molecule has 0 aliphatic rings. The van der Waals surface area contributed by atoms with Crippen LogP contribution in [-0.4, -0.2) is 51.9 Å². The van der Waals surface area contributed by atoms with Gasteiger partial charge in [0.05, 0.1) is 0 Å². The molecule has 0 spiro atoms. The fourth-order valence-electron chi connectivity index (χ4n) is 0.457. The Morgan fingerprint density at radius 1 is 1.57 bits per heavy atom. The van der Waals surface area contributed by atoms with Crippen molar-refractivity contribution in [1.82, 2.24) is 0 Å². The molecule has 0 aromatic heterocycles. The first-order chi connectivity index (χ1) is 6.52. The van der Waals surface area contributed by atoms with E-state index in [0.29, 0.717) is 0 Å². The summed E-state index contributed by atoms with van der Waals surface area (Å²) >= 11 is 0. The minimum absolute atomic E-state index is 0.562. The van der Waals surface area contributed by atoms with Crippen molar-refractivity contribution in [3.63, 3.8) is 0 Å². The van der Waals surface area contributed by atoms with Gasteiger partial charge in [-0.15, -0.1) is 0 Å². The molecule has 0 radical (unpaired) electrons. The zero-order valence-corrected chi connectivity index (χ0v) is 7.08. The number of carbonyl (C=O) groups excluding carboxylic acids is 1. The predicted octanol–water partition coefficient (Wildman–Crippen LogP) is -2.40. The zero-order valence-electron chi connectivity index (χ0n) is 7.08. The van der Waals surface area contributed by atoms with Crippen molar-refractivity contribution in [2.45, 2.75) is 6.04 Å². The van der Waals surface area contributed by atoms with E-state index >= 15 is 0 Å². The van der Waals surface area contributed by atoms with Crippen LogP contribution in [0.15, 0.2) is 0 Å². The van der Waals surface area contributed by atoms with E-state index in [9.17, 15) is 9.59 Å². The zero-order chi connectivity index (χ0) is 11.1. The summed E-state index contributed by atoms with van der Waals surface area (Å²) in [5.74, 6) is -2.45. The van der Waals surface area contributed by atoms with Crippen molar-refractivity contribution in [2.75, 3.05) is 13.2 Å². The Balaban J connectivity index is 4.09. The second kappa shape index (κ2) is 5.81. The van der Waals surface area contributed by atoms with E-state index in [0.717, 1.165) is 0 Å². The maximum Gasteiger partial charge on any atom is 0.419 e. The summed E-state index contributed by atoms with van der Waals surface area (Å²) in [4.78, 5) is 23.4. The molecule has 0 aliphatic heterocycles. The topological polar surface area (TPSA) is 146 Å². The summed E-state index contributed by atoms with van der Waals surface area (Å²) in [6.07, 6.45) is 0. The summed E-state index contributed by atoms with van der Waals surface area (Å²) in [5, 5.41) is 16.7. The highest BCUT2D eigenvalue weighted by Crippen LogP contribution is 1.85. The molecule has 78 valence electrons. The molecule has 8 nitrogen and oxygen atoms in total. The highest BCUT2D eigenvalue weighted by Gasteiger charge is 2.23. The van der Waals surface area contributed by atoms with Crippen LogP contribution < -0.4 is 5.73 Å². The van der Waals surface area contributed by atoms with Crippen LogP contribution in [0.2, 0.25) is 0 Å². The monoisotopic (exact) mass is 203 g/mol. The number of carboxylic acid groups (broad SMARTS) is 1. The fourth-order valence-corrected chi connectivity index (χ4v) is 0.457. The molecule has 0 rings (SSSR count). The first-order valence-corrected chi connectivity index (χ1v) is 3.50. The fraction of sp³-hybridized carbons (Fsp3) is 0.500. The Morgan fingerprint density at radius 3 is 2.50 bits per heavy atom. The molecule has 4 N–H and O–H groups in total. The van der Waals surface area contributed by atoms with Gasteiger partial charge in [0.15, 0.2) is 6.61 Å². The molecule has 14 heavy (non-hydrogen) atoms. The number of nitrogens with zero attached hydrogens (tertiary/aromatic N) is 2. The summed E-state index contributed by atoms with van der Waals surface area (Å²) < 4.78 is 4.31. The van der Waals surface area contributed by atoms with Crippen molar-refractivity contribution in [2.24, 2.45) is 5.73 Å². The van der Waals surface area contributed by atoms with E-state index < -0.39 is 36.9 Å². The molecule has 0 aromatic carbocycles. The van der Waals surface area contributed by atoms with Crippen LogP contribution in [0.1, 0.15) is 0 Å². The van der Waals surface area contributed by atoms with Gasteiger partial charge in [0.25, 0.3) is 0 Å². The first kappa shape index (κ1) is 12.2. The standard InChI is InChI=1S/C6H9N3O5/c7-3(5(11)12)2-14-6(13)4(1-10)9-8/h3,10H,1-2,7H2,(H,11,12)/t3-/m0/s1. The van der Waals surface area contributed by atoms with E-state index in [1.165, 1.54) is 0 Å². The minimum atomic E-state index is -1.35. The Hall–Kier alpha value is -1.76. The van der Waals surface area contributed by atoms with Crippen molar-refractivity contribution in [1.29, 1.82) is 0 Å². The third-order valence-corrected chi connectivity index (χ3v) is 1.22. The first-order valence-electron chi connectivity index (χ1n) is 3.50. The lowest BCUT2D eigenvalue weighted by Gasteiger charge is -2.04. The van der Waals surface area contributed by atoms with Crippen molar-refractivity contribution in [3.8, 4) is 0 Å². The van der Waals surface area contributed by atoms with Gasteiger partial charge < -0.3 is 26.2 Å². The van der Waals surface area contributed by atoms with Crippen LogP contribution >= 0.6 is 0 Å². The molecule has 0 bridgehead atoms. The van der Waals surface area contributed by atoms with Crippen LogP contribution in [0.4, 0.5) is 0 Å². The number of carbonyl (C=O) groups is 2. The number of esters is 1. The van der Waals surface area contributed by atoms with Gasteiger partial charge in [-0.3, -0.25) is 4.79 Å². The average Bonchev–Trinajstić information content (AvgIpc) is 2.15. The maximum atomic E-state index is 10.8. The van der Waals surface area contributed by atoms with Crippen molar-refractivity contribution >= 4 is 17.7 Å². The molecule has 0 saturated carbocycles. The number of ether oxygens (including phenoxy) is 1. The summed E-state index contributed by atoms with van der Waals surface area (Å²) in [6, 6.07) is -1.35. The van der Waals surface area contributed by atoms with E-state index in [1.54, 1.807) is 0 Å². The van der Waals surface area contributed by atoms with E-state index in [1.807, 2.05) is 0 Å². The van der Waals surface area contributed by atoms with E-state index in [2.05, 4.69) is 9.53 Å². The summed E-state index contributed by atoms with van der Waals surface area (Å²) in [5.41, 5.74) is 12.5. The average molecular weight is 203 g/mol. The predicted molar refractivity (Wildman–Crippen MR) is 42.3 cm³/mol. The third kappa shape index (κ3) is 3.76. The minimum Gasteiger partial charge on any atom is -0.480 e. The van der Waals surface area contributed by atoms with Crippen LogP contribution in [0.25, 0.3) is 5.53 Å². The third-order valence-electron chi connectivity index (χ3n) is 1.22. The molecule has 0 unspecified atom stereocenters. The van der Waals surface area contributed by atoms with Crippen molar-refractivity contribution < 1.29 is 29.3 Å². The van der Waals surface area contributed by atoms with Gasteiger partial charge in [-0.2, -0.15) is 4.79 Å². The Labute approximate surface area is 78.5 Å². The normalized spacial score (nSPS) is 11.3. The number of aliphatic hydroxyl groups excluding tert-OH is 1. The van der Waals surface area contributed by atoms with E-state index in [4.69, 9.17) is 21.5 Å². The highest BCUT2D eigenvalue weighted by atomic mass is 16.5. The molecule has 0 amide bonds. The molecule has 0 fully saturated rings. The lowest BCUT2D eigenvalue weighted by atomic mass is 10.3. The second-order valence-corrected chi connectivity index (χ2v) is 2.25. The van der Waals surface area contributed by atoms with Crippen LogP contribution in [0, 0.1) is 0 Å². The molecular weight excluding hydrogens is 194 g/mol. The molecule has 0 saturated heterocycles. The molecule has 8 heteroatoms. The smallest absolute Gasteiger partial charge is 0.419 e. The van der Waals surface area contributed by atoms with Gasteiger partial charge in [0, 0.05) is 0 Å². The lowest BCUT2D eigenvalue weighted by Crippen LogP contribution is -2.37. The van der Waals surface area contributed by atoms with Crippen molar-refractivity contribution in [3.05, 3.63) is 5.53 Å². The van der Waals surface area contributed by atoms with Gasteiger partial charge in [-0.25, -0.2) is 4.79 Å². The van der Waals surface area contributed by atoms with Gasteiger partial charge in [-0.05, 0) is 0 Å². The number of rotatable bonds is 5. The number of aliphatic carboxylic acids is 1. The van der Waals surface area contributed by atoms with Gasteiger partial charge in [-0.1, -0.05) is 0 Å². The summed E-state index contributed by atoms with van der Waals surface area (Å²) in [6.45, 7) is -1.37. The SMILES string of the molecule is [N-]=[N+]=C(CO)C(=O)OC[C@H](N)C(=O)O. The number of aliphatic hydroxyl groups is 1. The van der Waals surface area contributed by atoms with Gasteiger partial charge >= 0.3 is 17.7 Å². The lowest BCUT2D eigenvalue weighted by molar-refractivity contribution is -0.146. The molecule has 1 atom stereocenters. The second-order valence-electron chi connectivity index (χ2n) is 2.25. The molecule has 0 heterocycles. The molecule has 0 aromatic rings. The Morgan fingerprint density at radius 2 is 2.14 bits per heavy atom. The highest BCUT2D eigenvalue weighted by molar-refractivity contribution is 6.34. The van der Waals surface area contributed by atoms with E-state index in [-0.39, 0.29) is 0 Å². The van der Waals surface area contributed by atoms with Crippen LogP contribution in [-0.2, 0) is 14.3 Å². The number of hydrogen-bond donors (Lipinski definition) is 3. The molecule has 0 aliphatic carbocycles. The molecular formula is C6H9N3O5. The van der Waals surface area contributed by atoms with Gasteiger partial charge in [0.2, 0.25) is 0 Å². The maximum absolute atomic E-state index is 10.8. The Bertz CT molecular complexity index is 283. The summed E-state index contributed by atoms with van der Waals surface area (Å²) in [7, 11) is 0. The Kier molecular flexibility index (Phi) is 5.08.